The molecule has 0 aliphatic carbocycles. The molecular formula is C9H16N4O3S. The fraction of sp³-hybridized carbons (Fsp3) is 0.556. The second-order valence-corrected chi connectivity index (χ2v) is 3.81. The number of hydrogen-bond donors (Lipinski definition) is 4. The lowest BCUT2D eigenvalue weighted by Gasteiger charge is -2.13. The zero-order valence-electron chi connectivity index (χ0n) is 9.22. The van der Waals surface area contributed by atoms with Gasteiger partial charge in [0.1, 0.15) is 6.04 Å². The van der Waals surface area contributed by atoms with E-state index in [0.29, 0.717) is 0 Å². The van der Waals surface area contributed by atoms with Crippen molar-refractivity contribution in [3.63, 3.8) is 0 Å². The van der Waals surface area contributed by atoms with Crippen LogP contribution in [-0.4, -0.2) is 35.2 Å². The van der Waals surface area contributed by atoms with Gasteiger partial charge in [0, 0.05) is 12.8 Å². The van der Waals surface area contributed by atoms with E-state index in [9.17, 15) is 14.4 Å². The molecular weight excluding hydrogens is 244 g/mol. The van der Waals surface area contributed by atoms with Crippen LogP contribution in [0.2, 0.25) is 0 Å². The number of nitrogens with one attached hydrogen (secondary N) is 1. The average molecular weight is 260 g/mol. The minimum Gasteiger partial charge on any atom is -0.368 e. The fourth-order valence-electron chi connectivity index (χ4n) is 1.04. The highest BCUT2D eigenvalue weighted by molar-refractivity contribution is 7.78. The minimum absolute atomic E-state index is 0.00862. The number of carbonyl (C=O) groups is 3. The molecule has 0 spiro atoms. The number of carbonyl (C=O) groups excluding carboxylic acids is 3. The normalized spacial score (nSPS) is 13.5. The lowest BCUT2D eigenvalue weighted by atomic mass is 10.1. The third-order valence-corrected chi connectivity index (χ3v) is 2.25. The molecule has 0 aromatic carbocycles. The first-order chi connectivity index (χ1) is 7.88. The molecule has 2 atom stereocenters. The number of nitrogens with two attached hydrogens (primary N) is 3. The molecule has 17 heavy (non-hydrogen) atoms. The molecule has 0 aliphatic rings. The second-order valence-electron chi connectivity index (χ2n) is 3.47. The van der Waals surface area contributed by atoms with Gasteiger partial charge in [0.2, 0.25) is 17.7 Å². The predicted molar refractivity (Wildman–Crippen MR) is 65.8 cm³/mol. The highest BCUT2D eigenvalue weighted by Gasteiger charge is 2.18. The summed E-state index contributed by atoms with van der Waals surface area (Å²) < 4.78 is 0. The van der Waals surface area contributed by atoms with Crippen LogP contribution in [0.15, 0.2) is 0 Å². The standard InChI is InChI=1S/C9H16N4O3S/c10-5(8(11)15)1-2-7(14)13-6(3-4-17)9(12)16/h4-6H,1-3,10H2,(H2,11,15)(H2,12,16)(H,13,14)/t5-,6-/m0/s1. The summed E-state index contributed by atoms with van der Waals surface area (Å²) >= 11 is 4.58. The van der Waals surface area contributed by atoms with Crippen LogP contribution >= 0.6 is 12.2 Å². The third-order valence-electron chi connectivity index (χ3n) is 2.06. The number of amides is 3. The van der Waals surface area contributed by atoms with E-state index >= 15 is 0 Å². The van der Waals surface area contributed by atoms with Gasteiger partial charge in [0.15, 0.2) is 0 Å². The molecule has 8 heteroatoms. The van der Waals surface area contributed by atoms with Crippen LogP contribution in [0.3, 0.4) is 0 Å². The lowest BCUT2D eigenvalue weighted by Crippen LogP contribution is -2.45. The fourth-order valence-corrected chi connectivity index (χ4v) is 1.23. The molecule has 0 saturated carbocycles. The highest BCUT2D eigenvalue weighted by Crippen LogP contribution is 1.96. The molecule has 0 heterocycles. The Morgan fingerprint density at radius 1 is 1.24 bits per heavy atom. The van der Waals surface area contributed by atoms with Gasteiger partial charge in [-0.3, -0.25) is 14.4 Å². The van der Waals surface area contributed by atoms with Gasteiger partial charge in [0.25, 0.3) is 0 Å². The Hall–Kier alpha value is -1.54. The summed E-state index contributed by atoms with van der Waals surface area (Å²) in [6, 6.07) is -1.71. The van der Waals surface area contributed by atoms with Gasteiger partial charge in [-0.25, -0.2) is 0 Å². The summed E-state index contributed by atoms with van der Waals surface area (Å²) in [6.45, 7) is 0. The number of hydrogen-bond acceptors (Lipinski definition) is 5. The van der Waals surface area contributed by atoms with Gasteiger partial charge in [-0.1, -0.05) is 12.2 Å². The molecule has 0 aromatic rings. The Bertz CT molecular complexity index is 321. The third kappa shape index (κ3) is 6.59. The van der Waals surface area contributed by atoms with Crippen molar-refractivity contribution in [2.75, 3.05) is 0 Å². The van der Waals surface area contributed by atoms with Gasteiger partial charge < -0.3 is 22.5 Å². The van der Waals surface area contributed by atoms with Crippen molar-refractivity contribution >= 4 is 35.3 Å². The zero-order chi connectivity index (χ0) is 13.4. The van der Waals surface area contributed by atoms with Crippen LogP contribution in [0.1, 0.15) is 19.3 Å². The molecule has 96 valence electrons. The molecule has 0 aromatic heterocycles. The predicted octanol–water partition coefficient (Wildman–Crippen LogP) is -2.06. The molecule has 0 aliphatic heterocycles. The van der Waals surface area contributed by atoms with E-state index in [2.05, 4.69) is 17.5 Å². The van der Waals surface area contributed by atoms with Crippen molar-refractivity contribution in [2.45, 2.75) is 31.3 Å². The Labute approximate surface area is 104 Å². The summed E-state index contributed by atoms with van der Waals surface area (Å²) in [6.07, 6.45) is 0.286. The van der Waals surface area contributed by atoms with E-state index in [1.54, 1.807) is 0 Å². The van der Waals surface area contributed by atoms with Crippen LogP contribution in [0.5, 0.6) is 0 Å². The molecule has 3 amide bonds. The summed E-state index contributed by atoms with van der Waals surface area (Å²) in [4.78, 5) is 32.9. The van der Waals surface area contributed by atoms with Crippen molar-refractivity contribution < 1.29 is 14.4 Å². The molecule has 0 fully saturated rings. The minimum atomic E-state index is -0.877. The Morgan fingerprint density at radius 3 is 2.24 bits per heavy atom. The molecule has 0 radical (unpaired) electrons. The smallest absolute Gasteiger partial charge is 0.240 e. The Balaban J connectivity index is 4.11. The van der Waals surface area contributed by atoms with E-state index in [4.69, 9.17) is 17.2 Å². The monoisotopic (exact) mass is 260 g/mol. The van der Waals surface area contributed by atoms with Crippen molar-refractivity contribution in [3.05, 3.63) is 0 Å². The van der Waals surface area contributed by atoms with Crippen LogP contribution in [-0.2, 0) is 14.4 Å². The molecule has 0 rings (SSSR count). The Morgan fingerprint density at radius 2 is 1.82 bits per heavy atom. The van der Waals surface area contributed by atoms with E-state index in [1.807, 2.05) is 0 Å². The largest absolute Gasteiger partial charge is 0.368 e. The maximum atomic E-state index is 11.4. The number of rotatable bonds is 8. The Kier molecular flexibility index (Phi) is 6.99. The highest BCUT2D eigenvalue weighted by atomic mass is 32.1. The lowest BCUT2D eigenvalue weighted by molar-refractivity contribution is -0.127. The van der Waals surface area contributed by atoms with Gasteiger partial charge in [0.05, 0.1) is 6.04 Å². The maximum absolute atomic E-state index is 11.4. The van der Waals surface area contributed by atoms with Gasteiger partial charge in [-0.15, -0.1) is 0 Å². The first-order valence-corrected chi connectivity index (χ1v) is 5.42. The number of primary amides is 2. The van der Waals surface area contributed by atoms with Crippen LogP contribution in [0, 0.1) is 0 Å². The van der Waals surface area contributed by atoms with Crippen molar-refractivity contribution in [2.24, 2.45) is 17.2 Å². The first kappa shape index (κ1) is 15.5. The molecule has 0 bridgehead atoms. The van der Waals surface area contributed by atoms with Crippen LogP contribution in [0.25, 0.3) is 0 Å². The SMILES string of the molecule is NC(=O)[C@H](CC=S)NC(=O)CC[C@H](N)C(N)=O. The average Bonchev–Trinajstić information content (AvgIpc) is 2.24. The summed E-state index contributed by atoms with van der Waals surface area (Å²) in [5.41, 5.74) is 15.3. The quantitative estimate of drug-likeness (QED) is 0.371. The molecule has 7 nitrogen and oxygen atoms in total. The zero-order valence-corrected chi connectivity index (χ0v) is 10.0. The topological polar surface area (TPSA) is 141 Å². The first-order valence-electron chi connectivity index (χ1n) is 4.95. The molecule has 0 saturated heterocycles. The van der Waals surface area contributed by atoms with Crippen LogP contribution < -0.4 is 22.5 Å². The van der Waals surface area contributed by atoms with Gasteiger partial charge in [-0.05, 0) is 11.8 Å². The van der Waals surface area contributed by atoms with Crippen molar-refractivity contribution in [3.8, 4) is 0 Å². The van der Waals surface area contributed by atoms with Gasteiger partial charge in [-0.2, -0.15) is 0 Å². The summed E-state index contributed by atoms with van der Waals surface area (Å²) in [5, 5.41) is 3.70. The maximum Gasteiger partial charge on any atom is 0.240 e. The van der Waals surface area contributed by atoms with E-state index in [-0.39, 0.29) is 19.3 Å². The summed E-state index contributed by atoms with van der Waals surface area (Å²) in [5.74, 6) is -1.77. The van der Waals surface area contributed by atoms with Crippen LogP contribution in [0.4, 0.5) is 0 Å². The van der Waals surface area contributed by atoms with E-state index in [1.165, 1.54) is 5.37 Å². The van der Waals surface area contributed by atoms with E-state index in [0.717, 1.165) is 0 Å². The molecule has 7 N–H and O–H groups in total. The van der Waals surface area contributed by atoms with Crippen molar-refractivity contribution in [1.29, 1.82) is 0 Å². The van der Waals surface area contributed by atoms with Crippen molar-refractivity contribution in [1.82, 2.24) is 5.32 Å². The van der Waals surface area contributed by atoms with Gasteiger partial charge >= 0.3 is 0 Å². The summed E-state index contributed by atoms with van der Waals surface area (Å²) in [7, 11) is 0. The van der Waals surface area contributed by atoms with E-state index < -0.39 is 29.8 Å². The molecule has 0 unspecified atom stereocenters. The second kappa shape index (κ2) is 7.69. The number of thiocarbonyl (C=S) groups is 1.